The van der Waals surface area contributed by atoms with Crippen molar-refractivity contribution < 1.29 is 38.3 Å². The number of rotatable bonds is 6. The standard InChI is InChI=1S/C14H8Cl4O8/c15-13(16,11(20)10-4-2-6-22-10)12(14(17,18)24-26-25-23-12)7-8(19)9-3-1-5-21-9/h1-6H,7H2. The topological polar surface area (TPSA) is 97.3 Å². The van der Waals surface area contributed by atoms with E-state index in [1.54, 1.807) is 0 Å². The second kappa shape index (κ2) is 7.14. The molecule has 1 atom stereocenters. The van der Waals surface area contributed by atoms with Gasteiger partial charge in [-0.05, 0) is 34.3 Å². The molecular weight excluding hydrogens is 438 g/mol. The van der Waals surface area contributed by atoms with Crippen LogP contribution in [0.5, 0.6) is 0 Å². The number of hydrogen-bond acceptors (Lipinski definition) is 8. The average Bonchev–Trinajstić information content (AvgIpc) is 3.29. The molecule has 8 nitrogen and oxygen atoms in total. The Labute approximate surface area is 165 Å². The maximum Gasteiger partial charge on any atom is 0.289 e. The number of furan rings is 2. The van der Waals surface area contributed by atoms with E-state index in [1.807, 2.05) is 0 Å². The number of Topliss-reactive ketones (excluding diaryl/α,β-unsaturated/α-hetero) is 2. The van der Waals surface area contributed by atoms with Gasteiger partial charge in [-0.25, -0.2) is 0 Å². The molecule has 1 aliphatic heterocycles. The first-order valence-corrected chi connectivity index (χ1v) is 8.33. The first-order valence-electron chi connectivity index (χ1n) is 6.82. The average molecular weight is 446 g/mol. The fraction of sp³-hybridized carbons (Fsp3) is 0.286. The molecule has 1 unspecified atom stereocenters. The third-order valence-electron chi connectivity index (χ3n) is 3.56. The lowest BCUT2D eigenvalue weighted by Gasteiger charge is -2.46. The SMILES string of the molecule is O=C(CC1(C(Cl)(Cl)C(=O)c2ccco2)OOOOC1(Cl)Cl)c1ccco1. The molecule has 26 heavy (non-hydrogen) atoms. The van der Waals surface area contributed by atoms with Crippen LogP contribution < -0.4 is 0 Å². The van der Waals surface area contributed by atoms with Crippen LogP contribution in [0, 0.1) is 0 Å². The minimum atomic E-state index is -2.61. The Morgan fingerprint density at radius 3 is 2.08 bits per heavy atom. The highest BCUT2D eigenvalue weighted by molar-refractivity contribution is 6.62. The monoisotopic (exact) mass is 444 g/mol. The highest BCUT2D eigenvalue weighted by atomic mass is 35.5. The molecule has 1 fully saturated rings. The number of carbonyl (C=O) groups excluding carboxylic acids is 2. The van der Waals surface area contributed by atoms with E-state index in [1.165, 1.54) is 36.8 Å². The fourth-order valence-electron chi connectivity index (χ4n) is 2.22. The summed E-state index contributed by atoms with van der Waals surface area (Å²) in [5, 5.41) is 8.37. The van der Waals surface area contributed by atoms with Crippen molar-refractivity contribution in [2.75, 3.05) is 0 Å². The van der Waals surface area contributed by atoms with Gasteiger partial charge in [-0.2, -0.15) is 9.78 Å². The Morgan fingerprint density at radius 1 is 0.962 bits per heavy atom. The van der Waals surface area contributed by atoms with Crippen molar-refractivity contribution in [3.05, 3.63) is 48.3 Å². The van der Waals surface area contributed by atoms with E-state index in [2.05, 4.69) is 15.0 Å². The first-order chi connectivity index (χ1) is 12.2. The van der Waals surface area contributed by atoms with Gasteiger partial charge in [0.15, 0.2) is 11.5 Å². The molecule has 0 N–H and O–H groups in total. The fourth-order valence-corrected chi connectivity index (χ4v) is 3.59. The van der Waals surface area contributed by atoms with Gasteiger partial charge in [-0.15, -0.1) is 0 Å². The van der Waals surface area contributed by atoms with E-state index >= 15 is 0 Å². The molecule has 0 radical (unpaired) electrons. The summed E-state index contributed by atoms with van der Waals surface area (Å²) in [5.74, 6) is -2.08. The third kappa shape index (κ3) is 3.17. The molecule has 140 valence electrons. The molecule has 2 aromatic heterocycles. The minimum absolute atomic E-state index is 0.0989. The maximum atomic E-state index is 12.7. The summed E-state index contributed by atoms with van der Waals surface area (Å²) in [4.78, 5) is 34.8. The highest BCUT2D eigenvalue weighted by Crippen LogP contribution is 2.55. The van der Waals surface area contributed by atoms with Crippen molar-refractivity contribution >= 4 is 58.0 Å². The van der Waals surface area contributed by atoms with E-state index in [4.69, 9.17) is 60.1 Å². The smallest absolute Gasteiger partial charge is 0.289 e. The predicted molar refractivity (Wildman–Crippen MR) is 86.6 cm³/mol. The molecular formula is C14H8Cl4O8. The molecule has 0 aliphatic carbocycles. The molecule has 0 aromatic carbocycles. The molecule has 0 saturated carbocycles. The van der Waals surface area contributed by atoms with Crippen LogP contribution in [0.25, 0.3) is 0 Å². The zero-order valence-electron chi connectivity index (χ0n) is 12.4. The summed E-state index contributed by atoms with van der Waals surface area (Å²) < 4.78 is 4.83. The van der Waals surface area contributed by atoms with Crippen LogP contribution in [0.2, 0.25) is 0 Å². The van der Waals surface area contributed by atoms with E-state index < -0.39 is 32.4 Å². The normalized spacial score (nSPS) is 22.9. The zero-order chi connectivity index (χ0) is 19.0. The third-order valence-corrected chi connectivity index (χ3v) is 5.25. The van der Waals surface area contributed by atoms with Crippen molar-refractivity contribution in [1.82, 2.24) is 0 Å². The van der Waals surface area contributed by atoms with Crippen LogP contribution in [0.3, 0.4) is 0 Å². The summed E-state index contributed by atoms with van der Waals surface area (Å²) in [6.07, 6.45) is 1.69. The van der Waals surface area contributed by atoms with Crippen molar-refractivity contribution in [2.24, 2.45) is 0 Å². The summed E-state index contributed by atoms with van der Waals surface area (Å²) in [5.41, 5.74) is -2.47. The Balaban J connectivity index is 2.05. The molecule has 0 amide bonds. The molecule has 1 aliphatic rings. The largest absolute Gasteiger partial charge is 0.461 e. The highest BCUT2D eigenvalue weighted by Gasteiger charge is 2.72. The van der Waals surface area contributed by atoms with Crippen molar-refractivity contribution in [1.29, 1.82) is 0 Å². The number of hydrogen-bond donors (Lipinski definition) is 0. The van der Waals surface area contributed by atoms with Gasteiger partial charge in [-0.1, -0.05) is 46.4 Å². The van der Waals surface area contributed by atoms with Gasteiger partial charge >= 0.3 is 0 Å². The van der Waals surface area contributed by atoms with Gasteiger partial charge < -0.3 is 8.83 Å². The predicted octanol–water partition coefficient (Wildman–Crippen LogP) is 4.20. The Kier molecular flexibility index (Phi) is 5.40. The zero-order valence-corrected chi connectivity index (χ0v) is 15.5. The van der Waals surface area contributed by atoms with Gasteiger partial charge in [0.05, 0.1) is 18.9 Å². The Bertz CT molecular complexity index is 786. The number of carbonyl (C=O) groups is 2. The number of halogens is 4. The quantitative estimate of drug-likeness (QED) is 0.370. The van der Waals surface area contributed by atoms with E-state index in [9.17, 15) is 9.59 Å². The molecule has 2 aromatic rings. The van der Waals surface area contributed by atoms with Crippen LogP contribution >= 0.6 is 46.4 Å². The summed E-state index contributed by atoms with van der Waals surface area (Å²) in [6, 6.07) is 5.54. The molecule has 0 bridgehead atoms. The van der Waals surface area contributed by atoms with E-state index in [0.29, 0.717) is 0 Å². The molecule has 3 rings (SSSR count). The molecule has 12 heteroatoms. The van der Waals surface area contributed by atoms with Gasteiger partial charge in [0.25, 0.3) is 4.52 Å². The van der Waals surface area contributed by atoms with Gasteiger partial charge in [0, 0.05) is 0 Å². The minimum Gasteiger partial charge on any atom is -0.461 e. The summed E-state index contributed by atoms with van der Waals surface area (Å²) >= 11 is 24.7. The second-order valence-electron chi connectivity index (χ2n) is 5.10. The number of ketones is 2. The Morgan fingerprint density at radius 2 is 1.54 bits per heavy atom. The van der Waals surface area contributed by atoms with Crippen LogP contribution in [-0.2, 0) is 19.9 Å². The molecule has 0 spiro atoms. The van der Waals surface area contributed by atoms with Crippen LogP contribution in [0.4, 0.5) is 0 Å². The second-order valence-corrected chi connectivity index (χ2v) is 7.69. The van der Waals surface area contributed by atoms with Gasteiger partial charge in [-0.3, -0.25) is 9.59 Å². The van der Waals surface area contributed by atoms with Crippen molar-refractivity contribution in [3.8, 4) is 0 Å². The van der Waals surface area contributed by atoms with E-state index in [0.717, 1.165) is 0 Å². The van der Waals surface area contributed by atoms with Crippen LogP contribution in [-0.4, -0.2) is 26.0 Å². The number of alkyl halides is 4. The van der Waals surface area contributed by atoms with E-state index in [-0.39, 0.29) is 11.5 Å². The lowest BCUT2D eigenvalue weighted by Crippen LogP contribution is -2.66. The van der Waals surface area contributed by atoms with Crippen LogP contribution in [0.15, 0.2) is 45.6 Å². The molecule has 1 saturated heterocycles. The van der Waals surface area contributed by atoms with Gasteiger partial charge in [0.2, 0.25) is 21.5 Å². The summed E-state index contributed by atoms with van der Waals surface area (Å²) in [7, 11) is 0. The summed E-state index contributed by atoms with van der Waals surface area (Å²) in [6.45, 7) is 0. The van der Waals surface area contributed by atoms with Crippen molar-refractivity contribution in [2.45, 2.75) is 20.9 Å². The Hall–Kier alpha value is -1.10. The van der Waals surface area contributed by atoms with Gasteiger partial charge in [0.1, 0.15) is 0 Å². The van der Waals surface area contributed by atoms with Crippen molar-refractivity contribution in [3.63, 3.8) is 0 Å². The lowest BCUT2D eigenvalue weighted by atomic mass is 9.88. The first kappa shape index (κ1) is 19.7. The van der Waals surface area contributed by atoms with Crippen LogP contribution in [0.1, 0.15) is 27.5 Å². The lowest BCUT2D eigenvalue weighted by molar-refractivity contribution is -0.701. The maximum absolute atomic E-state index is 12.7. The molecule has 3 heterocycles.